The lowest BCUT2D eigenvalue weighted by molar-refractivity contribution is 0.251. The van der Waals surface area contributed by atoms with Crippen LogP contribution in [0.5, 0.6) is 5.75 Å². The number of aromatic hydroxyl groups is 1. The molecule has 1 aromatic carbocycles. The Labute approximate surface area is 113 Å². The molecule has 2 unspecified atom stereocenters. The van der Waals surface area contributed by atoms with Crippen molar-refractivity contribution in [1.82, 2.24) is 10.2 Å². The summed E-state index contributed by atoms with van der Waals surface area (Å²) in [5.74, 6) is 0.164. The number of nitrogens with zero attached hydrogens (tertiary/aromatic N) is 1. The molecule has 0 amide bonds. The molecule has 2 fully saturated rings. The Bertz CT molecular complexity index is 438. The van der Waals surface area contributed by atoms with Crippen molar-refractivity contribution in [1.29, 1.82) is 0 Å². The summed E-state index contributed by atoms with van der Waals surface area (Å²) in [7, 11) is 0. The van der Waals surface area contributed by atoms with Gasteiger partial charge in [0, 0.05) is 31.7 Å². The highest BCUT2D eigenvalue weighted by molar-refractivity contribution is 6.32. The molecule has 2 aliphatic rings. The quantitative estimate of drug-likeness (QED) is 0.863. The maximum absolute atomic E-state index is 9.42. The minimum Gasteiger partial charge on any atom is -0.506 e. The van der Waals surface area contributed by atoms with Gasteiger partial charge in [0.1, 0.15) is 5.75 Å². The van der Waals surface area contributed by atoms with E-state index in [1.165, 1.54) is 24.8 Å². The number of phenolic OH excluding ortho intramolecular Hbond substituents is 1. The molecule has 2 atom stereocenters. The van der Waals surface area contributed by atoms with Crippen molar-refractivity contribution in [3.05, 3.63) is 28.8 Å². The third-order valence-electron chi connectivity index (χ3n) is 4.03. The fourth-order valence-electron chi connectivity index (χ4n) is 3.07. The first-order chi connectivity index (χ1) is 8.70. The Morgan fingerprint density at radius 2 is 2.11 bits per heavy atom. The first kappa shape index (κ1) is 12.3. The van der Waals surface area contributed by atoms with Gasteiger partial charge in [-0.15, -0.1) is 0 Å². The van der Waals surface area contributed by atoms with E-state index in [4.69, 9.17) is 11.6 Å². The van der Waals surface area contributed by atoms with Crippen molar-refractivity contribution >= 4 is 11.6 Å². The number of rotatable bonds is 2. The minimum atomic E-state index is 0.164. The van der Waals surface area contributed by atoms with Crippen molar-refractivity contribution in [3.8, 4) is 5.75 Å². The van der Waals surface area contributed by atoms with Crippen LogP contribution in [0.4, 0.5) is 0 Å². The molecule has 2 bridgehead atoms. The molecular weight excluding hydrogens is 248 g/mol. The zero-order valence-corrected chi connectivity index (χ0v) is 11.2. The number of likely N-dealkylation sites (tertiary alicyclic amines) is 1. The van der Waals surface area contributed by atoms with Crippen LogP contribution >= 0.6 is 11.6 Å². The lowest BCUT2D eigenvalue weighted by atomic mass is 10.1. The molecule has 0 radical (unpaired) electrons. The van der Waals surface area contributed by atoms with E-state index in [1.807, 2.05) is 12.1 Å². The van der Waals surface area contributed by atoms with E-state index in [1.54, 1.807) is 6.07 Å². The lowest BCUT2D eigenvalue weighted by Gasteiger charge is -2.24. The van der Waals surface area contributed by atoms with Gasteiger partial charge in [-0.2, -0.15) is 0 Å². The van der Waals surface area contributed by atoms with Crippen LogP contribution in [-0.2, 0) is 6.54 Å². The van der Waals surface area contributed by atoms with Gasteiger partial charge < -0.3 is 10.4 Å². The molecule has 0 saturated carbocycles. The summed E-state index contributed by atoms with van der Waals surface area (Å²) in [5, 5.41) is 13.6. The molecule has 4 heteroatoms. The van der Waals surface area contributed by atoms with Crippen molar-refractivity contribution in [2.45, 2.75) is 37.9 Å². The Kier molecular flexibility index (Phi) is 3.46. The number of hydrogen-bond donors (Lipinski definition) is 2. The topological polar surface area (TPSA) is 35.5 Å². The molecule has 0 aliphatic carbocycles. The SMILES string of the molecule is Oc1ccc(CN2CCC3CCC(C2)N3)cc1Cl. The van der Waals surface area contributed by atoms with Crippen LogP contribution in [0.25, 0.3) is 0 Å². The van der Waals surface area contributed by atoms with Crippen LogP contribution in [0.3, 0.4) is 0 Å². The van der Waals surface area contributed by atoms with E-state index >= 15 is 0 Å². The first-order valence-electron chi connectivity index (χ1n) is 6.66. The second kappa shape index (κ2) is 5.08. The number of hydrogen-bond acceptors (Lipinski definition) is 3. The monoisotopic (exact) mass is 266 g/mol. The van der Waals surface area contributed by atoms with Crippen molar-refractivity contribution in [3.63, 3.8) is 0 Å². The smallest absolute Gasteiger partial charge is 0.134 e. The summed E-state index contributed by atoms with van der Waals surface area (Å²) in [4.78, 5) is 2.49. The second-order valence-electron chi connectivity index (χ2n) is 5.45. The van der Waals surface area contributed by atoms with Crippen molar-refractivity contribution in [2.75, 3.05) is 13.1 Å². The molecule has 98 valence electrons. The largest absolute Gasteiger partial charge is 0.506 e. The number of fused-ring (bicyclic) bond motifs is 2. The predicted octanol–water partition coefficient (Wildman–Crippen LogP) is 2.37. The van der Waals surface area contributed by atoms with Gasteiger partial charge in [-0.05, 0) is 37.0 Å². The average Bonchev–Trinajstić information content (AvgIpc) is 2.68. The Morgan fingerprint density at radius 1 is 1.28 bits per heavy atom. The number of nitrogens with one attached hydrogen (secondary N) is 1. The molecule has 18 heavy (non-hydrogen) atoms. The summed E-state index contributed by atoms with van der Waals surface area (Å²) in [6.07, 6.45) is 3.88. The van der Waals surface area contributed by atoms with Gasteiger partial charge in [0.15, 0.2) is 0 Å². The van der Waals surface area contributed by atoms with Crippen LogP contribution in [0, 0.1) is 0 Å². The van der Waals surface area contributed by atoms with E-state index in [2.05, 4.69) is 10.2 Å². The summed E-state index contributed by atoms with van der Waals surface area (Å²) >= 11 is 5.95. The molecule has 3 rings (SSSR count). The second-order valence-corrected chi connectivity index (χ2v) is 5.85. The Balaban J connectivity index is 1.66. The summed E-state index contributed by atoms with van der Waals surface area (Å²) < 4.78 is 0. The predicted molar refractivity (Wildman–Crippen MR) is 73.0 cm³/mol. The molecule has 3 nitrogen and oxygen atoms in total. The van der Waals surface area contributed by atoms with Gasteiger partial charge in [0.2, 0.25) is 0 Å². The fourth-order valence-corrected chi connectivity index (χ4v) is 3.27. The summed E-state index contributed by atoms with van der Waals surface area (Å²) in [6.45, 7) is 3.19. The summed E-state index contributed by atoms with van der Waals surface area (Å²) in [5.41, 5.74) is 1.18. The molecule has 2 N–H and O–H groups in total. The number of phenols is 1. The van der Waals surface area contributed by atoms with E-state index in [9.17, 15) is 5.11 Å². The minimum absolute atomic E-state index is 0.164. The van der Waals surface area contributed by atoms with Crippen molar-refractivity contribution in [2.24, 2.45) is 0 Å². The summed E-state index contributed by atoms with van der Waals surface area (Å²) in [6, 6.07) is 6.89. The Morgan fingerprint density at radius 3 is 2.94 bits per heavy atom. The van der Waals surface area contributed by atoms with Gasteiger partial charge in [-0.25, -0.2) is 0 Å². The van der Waals surface area contributed by atoms with E-state index < -0.39 is 0 Å². The molecule has 2 heterocycles. The van der Waals surface area contributed by atoms with Gasteiger partial charge in [-0.1, -0.05) is 17.7 Å². The number of halogens is 1. The van der Waals surface area contributed by atoms with Gasteiger partial charge in [-0.3, -0.25) is 4.90 Å². The fraction of sp³-hybridized carbons (Fsp3) is 0.571. The van der Waals surface area contributed by atoms with Gasteiger partial charge in [0.25, 0.3) is 0 Å². The molecule has 2 saturated heterocycles. The maximum atomic E-state index is 9.42. The van der Waals surface area contributed by atoms with E-state index in [-0.39, 0.29) is 5.75 Å². The van der Waals surface area contributed by atoms with Crippen LogP contribution in [0.15, 0.2) is 18.2 Å². The third kappa shape index (κ3) is 2.63. The van der Waals surface area contributed by atoms with Crippen LogP contribution in [-0.4, -0.2) is 35.2 Å². The first-order valence-corrected chi connectivity index (χ1v) is 7.04. The normalized spacial score (nSPS) is 28.3. The maximum Gasteiger partial charge on any atom is 0.134 e. The highest BCUT2D eigenvalue weighted by atomic mass is 35.5. The van der Waals surface area contributed by atoms with Crippen LogP contribution in [0.2, 0.25) is 5.02 Å². The van der Waals surface area contributed by atoms with Crippen LogP contribution in [0.1, 0.15) is 24.8 Å². The van der Waals surface area contributed by atoms with Crippen molar-refractivity contribution < 1.29 is 5.11 Å². The van der Waals surface area contributed by atoms with Gasteiger partial charge >= 0.3 is 0 Å². The zero-order valence-electron chi connectivity index (χ0n) is 10.4. The molecule has 0 aromatic heterocycles. The highest BCUT2D eigenvalue weighted by Gasteiger charge is 2.29. The highest BCUT2D eigenvalue weighted by Crippen LogP contribution is 2.26. The van der Waals surface area contributed by atoms with Gasteiger partial charge in [0.05, 0.1) is 5.02 Å². The lowest BCUT2D eigenvalue weighted by Crippen LogP contribution is -2.34. The molecular formula is C14H19ClN2O. The molecule has 1 aromatic rings. The number of benzene rings is 1. The molecule has 0 spiro atoms. The zero-order chi connectivity index (χ0) is 12.5. The van der Waals surface area contributed by atoms with E-state index in [0.717, 1.165) is 25.7 Å². The third-order valence-corrected chi connectivity index (χ3v) is 4.33. The Hall–Kier alpha value is -0.770. The standard InChI is InChI=1S/C14H19ClN2O/c15-13-7-10(1-4-14(13)18)8-17-6-5-11-2-3-12(9-17)16-11/h1,4,7,11-12,16,18H,2-3,5-6,8-9H2. The van der Waals surface area contributed by atoms with E-state index in [0.29, 0.717) is 11.1 Å². The average molecular weight is 267 g/mol. The van der Waals surface area contributed by atoms with Crippen LogP contribution < -0.4 is 5.32 Å². The molecule has 2 aliphatic heterocycles.